The molecule has 1 rings (SSSR count). The lowest BCUT2D eigenvalue weighted by atomic mass is 9.64. The second-order valence-corrected chi connectivity index (χ2v) is 5.63. The van der Waals surface area contributed by atoms with Crippen LogP contribution in [0.5, 0.6) is 0 Å². The van der Waals surface area contributed by atoms with Gasteiger partial charge in [0, 0.05) is 5.41 Å². The highest BCUT2D eigenvalue weighted by Gasteiger charge is 2.44. The molecule has 0 fully saturated rings. The fraction of sp³-hybridized carbons (Fsp3) is 0.500. The molecule has 0 aromatic heterocycles. The number of carbonyl (C=O) groups is 1. The van der Waals surface area contributed by atoms with E-state index in [1.54, 1.807) is 27.7 Å². The average Bonchev–Trinajstić information content (AvgIpc) is 2.27. The molecule has 0 aliphatic heterocycles. The van der Waals surface area contributed by atoms with E-state index in [0.29, 0.717) is 5.56 Å². The van der Waals surface area contributed by atoms with Crippen LogP contribution in [0.4, 0.5) is 13.2 Å². The van der Waals surface area contributed by atoms with Crippen molar-refractivity contribution in [1.82, 2.24) is 0 Å². The van der Waals surface area contributed by atoms with E-state index in [4.69, 9.17) is 0 Å². The van der Waals surface area contributed by atoms with Crippen LogP contribution in [0.1, 0.15) is 38.8 Å². The van der Waals surface area contributed by atoms with Gasteiger partial charge in [-0.3, -0.25) is 4.79 Å². The molecule has 0 aliphatic carbocycles. The van der Waals surface area contributed by atoms with Crippen LogP contribution in [0.2, 0.25) is 0 Å². The fourth-order valence-electron chi connectivity index (χ4n) is 1.70. The van der Waals surface area contributed by atoms with Gasteiger partial charge in [0.25, 0.3) is 0 Å². The summed E-state index contributed by atoms with van der Waals surface area (Å²) in [5.74, 6) is -0.989. The van der Waals surface area contributed by atoms with E-state index in [2.05, 4.69) is 0 Å². The minimum atomic E-state index is -4.38. The van der Waals surface area contributed by atoms with Crippen molar-refractivity contribution >= 4 is 5.97 Å². The van der Waals surface area contributed by atoms with Crippen LogP contribution in [0.3, 0.4) is 0 Å². The van der Waals surface area contributed by atoms with Crippen molar-refractivity contribution < 1.29 is 23.1 Å². The topological polar surface area (TPSA) is 37.3 Å². The van der Waals surface area contributed by atoms with E-state index in [0.717, 1.165) is 12.1 Å². The van der Waals surface area contributed by atoms with Crippen molar-refractivity contribution in [1.29, 1.82) is 0 Å². The number of carboxylic acids is 1. The van der Waals surface area contributed by atoms with Crippen molar-refractivity contribution in [2.45, 2.75) is 39.3 Å². The molecule has 5 heteroatoms. The number of hydrogen-bond acceptors (Lipinski definition) is 1. The van der Waals surface area contributed by atoms with Gasteiger partial charge in [0.1, 0.15) is 0 Å². The van der Waals surface area contributed by atoms with Gasteiger partial charge in [0.05, 0.1) is 11.0 Å². The molecule has 1 N–H and O–H groups in total. The Hall–Kier alpha value is -1.52. The highest BCUT2D eigenvalue weighted by molar-refractivity contribution is 5.76. The molecular weight excluding hydrogens is 257 g/mol. The summed E-state index contributed by atoms with van der Waals surface area (Å²) in [6.07, 6.45) is -4.38. The van der Waals surface area contributed by atoms with E-state index in [9.17, 15) is 23.1 Å². The van der Waals surface area contributed by atoms with Gasteiger partial charge >= 0.3 is 12.1 Å². The summed E-state index contributed by atoms with van der Waals surface area (Å²) in [6, 6.07) is 4.64. The highest BCUT2D eigenvalue weighted by atomic mass is 19.4. The van der Waals surface area contributed by atoms with Gasteiger partial charge in [-0.2, -0.15) is 13.2 Å². The lowest BCUT2D eigenvalue weighted by Crippen LogP contribution is -2.42. The predicted molar refractivity (Wildman–Crippen MR) is 65.9 cm³/mol. The molecule has 0 bridgehead atoms. The smallest absolute Gasteiger partial charge is 0.416 e. The van der Waals surface area contributed by atoms with Crippen molar-refractivity contribution in [3.63, 3.8) is 0 Å². The summed E-state index contributed by atoms with van der Waals surface area (Å²) in [5, 5.41) is 9.24. The number of alkyl halides is 3. The van der Waals surface area contributed by atoms with Gasteiger partial charge in [0.15, 0.2) is 0 Å². The number of hydrogen-bond donors (Lipinski definition) is 1. The Labute approximate surface area is 110 Å². The molecule has 1 aromatic rings. The molecule has 19 heavy (non-hydrogen) atoms. The van der Waals surface area contributed by atoms with Crippen molar-refractivity contribution in [2.75, 3.05) is 0 Å². The summed E-state index contributed by atoms with van der Waals surface area (Å²) in [6.45, 7) is 6.55. The van der Waals surface area contributed by atoms with Crippen LogP contribution in [-0.4, -0.2) is 11.1 Å². The number of carboxylic acid groups (broad SMARTS) is 1. The Balaban J connectivity index is 3.21. The fourth-order valence-corrected chi connectivity index (χ4v) is 1.70. The summed E-state index contributed by atoms with van der Waals surface area (Å²) >= 11 is 0. The summed E-state index contributed by atoms with van der Waals surface area (Å²) < 4.78 is 37.5. The Morgan fingerprint density at radius 2 is 1.32 bits per heavy atom. The molecule has 0 amide bonds. The Bertz CT molecular complexity index is 470. The van der Waals surface area contributed by atoms with Crippen molar-refractivity contribution in [3.8, 4) is 0 Å². The maximum absolute atomic E-state index is 12.5. The molecule has 1 aromatic carbocycles. The standard InChI is InChI=1S/C14H17F3O2/c1-12(2,13(3,4)11(18)19)9-5-7-10(8-6-9)14(15,16)17/h5-8H,1-4H3,(H,18,19). The second-order valence-electron chi connectivity index (χ2n) is 5.63. The Morgan fingerprint density at radius 1 is 0.947 bits per heavy atom. The number of aliphatic carboxylic acids is 1. The molecule has 2 nitrogen and oxygen atoms in total. The van der Waals surface area contributed by atoms with Crippen LogP contribution < -0.4 is 0 Å². The molecule has 0 saturated carbocycles. The van der Waals surface area contributed by atoms with Crippen LogP contribution in [0.15, 0.2) is 24.3 Å². The lowest BCUT2D eigenvalue weighted by molar-refractivity contribution is -0.150. The van der Waals surface area contributed by atoms with Crippen molar-refractivity contribution in [2.24, 2.45) is 5.41 Å². The number of halogens is 3. The predicted octanol–water partition coefficient (Wildman–Crippen LogP) is 4.09. The zero-order valence-electron chi connectivity index (χ0n) is 11.3. The van der Waals surface area contributed by atoms with Gasteiger partial charge in [-0.15, -0.1) is 0 Å². The van der Waals surface area contributed by atoms with E-state index >= 15 is 0 Å². The maximum atomic E-state index is 12.5. The normalized spacial score (nSPS) is 13.4. The minimum Gasteiger partial charge on any atom is -0.481 e. The molecule has 0 saturated heterocycles. The third kappa shape index (κ3) is 2.74. The van der Waals surface area contributed by atoms with Crippen LogP contribution in [-0.2, 0) is 16.4 Å². The molecule has 0 unspecified atom stereocenters. The van der Waals surface area contributed by atoms with Gasteiger partial charge in [-0.1, -0.05) is 26.0 Å². The van der Waals surface area contributed by atoms with Gasteiger partial charge in [-0.25, -0.2) is 0 Å². The van der Waals surface area contributed by atoms with Gasteiger partial charge in [-0.05, 0) is 31.5 Å². The Morgan fingerprint density at radius 3 is 1.63 bits per heavy atom. The Kier molecular flexibility index (Phi) is 3.72. The average molecular weight is 274 g/mol. The summed E-state index contributed by atoms with van der Waals surface area (Å²) in [7, 11) is 0. The van der Waals surface area contributed by atoms with Gasteiger partial charge in [0.2, 0.25) is 0 Å². The third-order valence-electron chi connectivity index (χ3n) is 4.03. The quantitative estimate of drug-likeness (QED) is 0.901. The van der Waals surface area contributed by atoms with Gasteiger partial charge < -0.3 is 5.11 Å². The monoisotopic (exact) mass is 274 g/mol. The van der Waals surface area contributed by atoms with Crippen molar-refractivity contribution in [3.05, 3.63) is 35.4 Å². The largest absolute Gasteiger partial charge is 0.481 e. The van der Waals surface area contributed by atoms with E-state index in [1.165, 1.54) is 12.1 Å². The molecule has 0 spiro atoms. The first-order valence-electron chi connectivity index (χ1n) is 5.82. The number of benzene rings is 1. The first-order chi connectivity index (χ1) is 8.40. The highest BCUT2D eigenvalue weighted by Crippen LogP contribution is 2.42. The van der Waals surface area contributed by atoms with Crippen LogP contribution in [0, 0.1) is 5.41 Å². The van der Waals surface area contributed by atoms with E-state index in [-0.39, 0.29) is 0 Å². The minimum absolute atomic E-state index is 0.563. The van der Waals surface area contributed by atoms with E-state index in [1.807, 2.05) is 0 Å². The molecule has 0 heterocycles. The molecule has 0 radical (unpaired) electrons. The zero-order chi connectivity index (χ0) is 15.1. The van der Waals surface area contributed by atoms with Crippen LogP contribution in [0.25, 0.3) is 0 Å². The lowest BCUT2D eigenvalue weighted by Gasteiger charge is -2.38. The molecular formula is C14H17F3O2. The first-order valence-corrected chi connectivity index (χ1v) is 5.82. The maximum Gasteiger partial charge on any atom is 0.416 e. The van der Waals surface area contributed by atoms with E-state index < -0.39 is 28.5 Å². The second kappa shape index (κ2) is 4.54. The molecule has 0 aliphatic rings. The summed E-state index contributed by atoms with van der Waals surface area (Å²) in [5.41, 5.74) is -2.05. The number of rotatable bonds is 3. The zero-order valence-corrected chi connectivity index (χ0v) is 11.3. The third-order valence-corrected chi connectivity index (χ3v) is 4.03. The first kappa shape index (κ1) is 15.5. The SMILES string of the molecule is CC(C)(C(=O)O)C(C)(C)c1ccc(C(F)(F)F)cc1. The molecule has 106 valence electrons. The molecule has 0 atom stereocenters. The van der Waals surface area contributed by atoms with Crippen LogP contribution >= 0.6 is 0 Å². The summed E-state index contributed by atoms with van der Waals surface area (Å²) in [4.78, 5) is 11.3.